The first-order valence-electron chi connectivity index (χ1n) is 7.26. The second-order valence-electron chi connectivity index (χ2n) is 5.12. The van der Waals surface area contributed by atoms with E-state index in [0.29, 0.717) is 12.2 Å². The molecule has 1 aromatic carbocycles. The van der Waals surface area contributed by atoms with Gasteiger partial charge in [-0.25, -0.2) is 17.9 Å². The zero-order valence-electron chi connectivity index (χ0n) is 12.9. The highest BCUT2D eigenvalue weighted by Crippen LogP contribution is 2.08. The van der Waals surface area contributed by atoms with Crippen LogP contribution in [0.5, 0.6) is 0 Å². The fraction of sp³-hybridized carbons (Fsp3) is 0.312. The monoisotopic (exact) mass is 336 g/mol. The maximum absolute atomic E-state index is 12.0. The van der Waals surface area contributed by atoms with Gasteiger partial charge in [-0.05, 0) is 24.1 Å². The Hall–Kier alpha value is -2.12. The first kappa shape index (κ1) is 17.2. The van der Waals surface area contributed by atoms with Crippen LogP contribution in [0.4, 0.5) is 0 Å². The number of nitrogens with zero attached hydrogens (tertiary/aromatic N) is 1. The average molecular weight is 336 g/mol. The number of hydrogen-bond acceptors (Lipinski definition) is 4. The van der Waals surface area contributed by atoms with Crippen molar-refractivity contribution in [1.29, 1.82) is 0 Å². The molecule has 0 aliphatic rings. The largest absolute Gasteiger partial charge is 0.460 e. The summed E-state index contributed by atoms with van der Waals surface area (Å²) in [5.74, 6) is -0.460. The number of rotatable bonds is 8. The number of ether oxygens (including phenoxy) is 1. The molecule has 2 aromatic rings. The van der Waals surface area contributed by atoms with E-state index >= 15 is 0 Å². The molecule has 1 N–H and O–H groups in total. The van der Waals surface area contributed by atoms with Gasteiger partial charge in [0.05, 0.1) is 6.26 Å². The lowest BCUT2D eigenvalue weighted by Crippen LogP contribution is -2.27. The highest BCUT2D eigenvalue weighted by atomic mass is 32.2. The van der Waals surface area contributed by atoms with Gasteiger partial charge in [0.1, 0.15) is 12.3 Å². The van der Waals surface area contributed by atoms with Crippen LogP contribution in [0.3, 0.4) is 0 Å². The van der Waals surface area contributed by atoms with E-state index in [9.17, 15) is 13.2 Å². The topological polar surface area (TPSA) is 77.4 Å². The molecule has 1 heterocycles. The van der Waals surface area contributed by atoms with E-state index in [4.69, 9.17) is 4.74 Å². The van der Waals surface area contributed by atoms with Crippen LogP contribution in [0.1, 0.15) is 16.1 Å². The number of carbonyl (C=O) groups excluding carboxylic acids is 1. The Balaban J connectivity index is 1.86. The molecule has 0 saturated heterocycles. The molecule has 0 fully saturated rings. The average Bonchev–Trinajstić information content (AvgIpc) is 2.98. The van der Waals surface area contributed by atoms with E-state index in [0.717, 1.165) is 12.7 Å². The Morgan fingerprint density at radius 3 is 2.61 bits per heavy atom. The number of sulfonamides is 1. The van der Waals surface area contributed by atoms with Crippen molar-refractivity contribution in [3.63, 3.8) is 0 Å². The van der Waals surface area contributed by atoms with Crippen LogP contribution in [0.2, 0.25) is 0 Å². The van der Waals surface area contributed by atoms with Gasteiger partial charge in [0.2, 0.25) is 10.0 Å². The first-order chi connectivity index (χ1) is 11.0. The molecule has 0 unspecified atom stereocenters. The van der Waals surface area contributed by atoms with Gasteiger partial charge in [0.25, 0.3) is 0 Å². The van der Waals surface area contributed by atoms with E-state index in [1.54, 1.807) is 12.1 Å². The van der Waals surface area contributed by atoms with Crippen molar-refractivity contribution in [3.05, 3.63) is 59.9 Å². The van der Waals surface area contributed by atoms with Crippen molar-refractivity contribution in [3.8, 4) is 0 Å². The van der Waals surface area contributed by atoms with Crippen molar-refractivity contribution in [2.75, 3.05) is 19.4 Å². The maximum atomic E-state index is 12.0. The van der Waals surface area contributed by atoms with Gasteiger partial charge >= 0.3 is 5.97 Å². The van der Waals surface area contributed by atoms with E-state index in [-0.39, 0.29) is 13.2 Å². The SMILES string of the molecule is CS(=O)(=O)NCCOC(=O)c1cccn1CCc1ccccc1. The Labute approximate surface area is 136 Å². The second kappa shape index (κ2) is 7.94. The molecule has 0 amide bonds. The number of benzene rings is 1. The van der Waals surface area contributed by atoms with Gasteiger partial charge in [-0.3, -0.25) is 0 Å². The lowest BCUT2D eigenvalue weighted by molar-refractivity contribution is 0.0500. The summed E-state index contributed by atoms with van der Waals surface area (Å²) in [4.78, 5) is 12.0. The Kier molecular flexibility index (Phi) is 5.95. The molecule has 7 heteroatoms. The molecular weight excluding hydrogens is 316 g/mol. The molecule has 23 heavy (non-hydrogen) atoms. The zero-order chi connectivity index (χ0) is 16.7. The number of carbonyl (C=O) groups is 1. The Morgan fingerprint density at radius 1 is 1.17 bits per heavy atom. The number of nitrogens with one attached hydrogen (secondary N) is 1. The van der Waals surface area contributed by atoms with Gasteiger partial charge in [0, 0.05) is 19.3 Å². The molecule has 0 bridgehead atoms. The molecule has 0 saturated carbocycles. The fourth-order valence-corrected chi connectivity index (χ4v) is 2.59. The number of aryl methyl sites for hydroxylation is 2. The van der Waals surface area contributed by atoms with Gasteiger partial charge < -0.3 is 9.30 Å². The molecule has 2 rings (SSSR count). The summed E-state index contributed by atoms with van der Waals surface area (Å²) in [6, 6.07) is 13.5. The third-order valence-electron chi connectivity index (χ3n) is 3.22. The lowest BCUT2D eigenvalue weighted by atomic mass is 10.1. The van der Waals surface area contributed by atoms with E-state index in [1.807, 2.05) is 41.1 Å². The van der Waals surface area contributed by atoms with Gasteiger partial charge in [0.15, 0.2) is 0 Å². The summed E-state index contributed by atoms with van der Waals surface area (Å²) in [7, 11) is -3.27. The van der Waals surface area contributed by atoms with Crippen LogP contribution in [0.25, 0.3) is 0 Å². The molecule has 0 spiro atoms. The molecule has 124 valence electrons. The van der Waals surface area contributed by atoms with Gasteiger partial charge in [-0.15, -0.1) is 0 Å². The van der Waals surface area contributed by atoms with Crippen molar-refractivity contribution < 1.29 is 17.9 Å². The number of aromatic nitrogens is 1. The third kappa shape index (κ3) is 5.88. The van der Waals surface area contributed by atoms with Crippen LogP contribution >= 0.6 is 0 Å². The van der Waals surface area contributed by atoms with Crippen molar-refractivity contribution in [1.82, 2.24) is 9.29 Å². The first-order valence-corrected chi connectivity index (χ1v) is 9.16. The van der Waals surface area contributed by atoms with Crippen molar-refractivity contribution in [2.45, 2.75) is 13.0 Å². The molecular formula is C16H20N2O4S. The van der Waals surface area contributed by atoms with Crippen molar-refractivity contribution >= 4 is 16.0 Å². The summed E-state index contributed by atoms with van der Waals surface area (Å²) < 4.78 is 31.0. The maximum Gasteiger partial charge on any atom is 0.354 e. The lowest BCUT2D eigenvalue weighted by Gasteiger charge is -2.09. The van der Waals surface area contributed by atoms with E-state index < -0.39 is 16.0 Å². The number of hydrogen-bond donors (Lipinski definition) is 1. The van der Waals surface area contributed by atoms with Crippen LogP contribution in [0.15, 0.2) is 48.7 Å². The van der Waals surface area contributed by atoms with Crippen molar-refractivity contribution in [2.24, 2.45) is 0 Å². The predicted octanol–water partition coefficient (Wildman–Crippen LogP) is 1.44. The standard InChI is InChI=1S/C16H20N2O4S/c1-23(20,21)17-10-13-22-16(19)15-8-5-11-18(15)12-9-14-6-3-2-4-7-14/h2-8,11,17H,9-10,12-13H2,1H3. The second-order valence-corrected chi connectivity index (χ2v) is 6.96. The Morgan fingerprint density at radius 2 is 1.91 bits per heavy atom. The molecule has 0 atom stereocenters. The van der Waals surface area contributed by atoms with Gasteiger partial charge in [-0.2, -0.15) is 0 Å². The molecule has 0 aliphatic heterocycles. The third-order valence-corrected chi connectivity index (χ3v) is 3.95. The molecule has 0 aliphatic carbocycles. The highest BCUT2D eigenvalue weighted by molar-refractivity contribution is 7.88. The summed E-state index contributed by atoms with van der Waals surface area (Å²) in [5, 5.41) is 0. The summed E-state index contributed by atoms with van der Waals surface area (Å²) >= 11 is 0. The number of esters is 1. The molecule has 0 radical (unpaired) electrons. The normalized spacial score (nSPS) is 11.3. The molecule has 1 aromatic heterocycles. The minimum atomic E-state index is -3.27. The smallest absolute Gasteiger partial charge is 0.354 e. The van der Waals surface area contributed by atoms with Crippen LogP contribution < -0.4 is 4.72 Å². The predicted molar refractivity (Wildman–Crippen MR) is 87.7 cm³/mol. The zero-order valence-corrected chi connectivity index (χ0v) is 13.8. The van der Waals surface area contributed by atoms with Crippen LogP contribution in [0, 0.1) is 0 Å². The molecule has 6 nitrogen and oxygen atoms in total. The van der Waals surface area contributed by atoms with E-state index in [1.165, 1.54) is 5.56 Å². The summed E-state index contributed by atoms with van der Waals surface area (Å²) in [6.07, 6.45) is 3.70. The van der Waals surface area contributed by atoms with E-state index in [2.05, 4.69) is 4.72 Å². The fourth-order valence-electron chi connectivity index (χ4n) is 2.13. The summed E-state index contributed by atoms with van der Waals surface area (Å²) in [6.45, 7) is 0.730. The van der Waals surface area contributed by atoms with Crippen LogP contribution in [-0.2, 0) is 27.7 Å². The minimum absolute atomic E-state index is 0.00420. The van der Waals surface area contributed by atoms with Gasteiger partial charge in [-0.1, -0.05) is 30.3 Å². The van der Waals surface area contributed by atoms with Crippen LogP contribution in [-0.4, -0.2) is 38.4 Å². The quantitative estimate of drug-likeness (QED) is 0.584. The highest BCUT2D eigenvalue weighted by Gasteiger charge is 2.12. The summed E-state index contributed by atoms with van der Waals surface area (Å²) in [5.41, 5.74) is 1.65. The Bertz CT molecular complexity index is 738. The minimum Gasteiger partial charge on any atom is -0.460 e.